The molecule has 0 aliphatic heterocycles. The average molecular weight is 535 g/mol. The first-order valence-electron chi connectivity index (χ1n) is 9.83. The molecule has 0 aliphatic rings. The molecule has 1 unspecified atom stereocenters. The van der Waals surface area contributed by atoms with E-state index in [2.05, 4.69) is 5.32 Å². The number of nitrogen functional groups attached to an aromatic ring is 1. The molecule has 3 N–H and O–H groups in total. The first kappa shape index (κ1) is 25.9. The van der Waals surface area contributed by atoms with E-state index in [1.54, 1.807) is 48.5 Å². The third-order valence-corrected chi connectivity index (χ3v) is 9.15. The second-order valence-electron chi connectivity index (χ2n) is 7.01. The smallest absolute Gasteiger partial charge is 0.348 e. The van der Waals surface area contributed by atoms with Gasteiger partial charge in [-0.05, 0) is 77.8 Å². The third-order valence-electron chi connectivity index (χ3n) is 4.34. The second-order valence-corrected chi connectivity index (χ2v) is 13.2. The summed E-state index contributed by atoms with van der Waals surface area (Å²) in [6.45, 7) is 1.39. The fraction of sp³-hybridized carbons (Fsp3) is 0.0952. The molecule has 3 aromatic rings. The zero-order chi connectivity index (χ0) is 25.6. The predicted octanol–water partition coefficient (Wildman–Crippen LogP) is 5.66. The lowest BCUT2D eigenvalue weighted by Gasteiger charge is -2.23. The largest absolute Gasteiger partial charge is 0.428 e. The summed E-state index contributed by atoms with van der Waals surface area (Å²) in [5.41, 5.74) is 3.04. The molecule has 182 valence electrons. The number of carbonyl (C=O) groups is 1. The van der Waals surface area contributed by atoms with E-state index in [1.165, 1.54) is 19.1 Å². The van der Waals surface area contributed by atoms with Crippen molar-refractivity contribution in [2.24, 2.45) is 0 Å². The van der Waals surface area contributed by atoms with Crippen molar-refractivity contribution >= 4 is 57.5 Å². The number of nitro groups is 2. The highest BCUT2D eigenvalue weighted by molar-refractivity contribution is 8.67. The van der Waals surface area contributed by atoms with E-state index in [0.717, 1.165) is 17.4 Å². The van der Waals surface area contributed by atoms with Crippen LogP contribution in [0.2, 0.25) is 0 Å². The lowest BCUT2D eigenvalue weighted by Crippen LogP contribution is -2.05. The number of hydrogen-bond acceptors (Lipinski definition) is 10. The Morgan fingerprint density at radius 3 is 2.09 bits per heavy atom. The van der Waals surface area contributed by atoms with Crippen molar-refractivity contribution in [1.82, 2.24) is 0 Å². The molecule has 0 bridgehead atoms. The molecule has 0 spiro atoms. The molecule has 0 fully saturated rings. The zero-order valence-electron chi connectivity index (χ0n) is 18.2. The van der Waals surface area contributed by atoms with Gasteiger partial charge in [-0.3, -0.25) is 25.0 Å². The van der Waals surface area contributed by atoms with Gasteiger partial charge in [-0.1, -0.05) is 0 Å². The molecule has 0 aliphatic carbocycles. The lowest BCUT2D eigenvalue weighted by molar-refractivity contribution is -0.394. The summed E-state index contributed by atoms with van der Waals surface area (Å²) < 4.78 is 12.0. The molecular formula is C21H19N4O7PS2. The number of carbonyl (C=O) groups excluding carboxylic acids is 1. The number of rotatable bonds is 10. The Bertz CT molecular complexity index is 1300. The summed E-state index contributed by atoms with van der Waals surface area (Å²) >= 11 is 6.77. The van der Waals surface area contributed by atoms with E-state index in [4.69, 9.17) is 26.6 Å². The van der Waals surface area contributed by atoms with Crippen LogP contribution in [0.25, 0.3) is 0 Å². The van der Waals surface area contributed by atoms with E-state index in [0.29, 0.717) is 22.9 Å². The Morgan fingerprint density at radius 1 is 1.00 bits per heavy atom. The summed E-state index contributed by atoms with van der Waals surface area (Å²) in [7, 11) is 0. The SMILES string of the molecule is CC(=O)Nc1ccc(OP(=S)(Oc2ccc(N)cc2)SCc2ccc([N+](=O)[O-])cc2[N+](=O)[O-])cc1. The molecule has 14 heteroatoms. The topological polar surface area (TPSA) is 160 Å². The Balaban J connectivity index is 1.87. The van der Waals surface area contributed by atoms with E-state index in [1.807, 2.05) is 0 Å². The number of nitro benzene ring substituents is 2. The number of nitrogens with two attached hydrogens (primary N) is 1. The summed E-state index contributed by atoms with van der Waals surface area (Å²) in [5, 5.41) is 25.2. The van der Waals surface area contributed by atoms with Gasteiger partial charge in [-0.2, -0.15) is 0 Å². The Morgan fingerprint density at radius 2 is 1.57 bits per heavy atom. The van der Waals surface area contributed by atoms with Crippen LogP contribution in [0, 0.1) is 20.2 Å². The lowest BCUT2D eigenvalue weighted by atomic mass is 10.2. The van der Waals surface area contributed by atoms with Crippen LogP contribution in [-0.4, -0.2) is 15.8 Å². The third kappa shape index (κ3) is 7.41. The van der Waals surface area contributed by atoms with E-state index in [-0.39, 0.29) is 17.2 Å². The fourth-order valence-electron chi connectivity index (χ4n) is 2.77. The molecule has 3 aromatic carbocycles. The van der Waals surface area contributed by atoms with Crippen LogP contribution in [-0.2, 0) is 22.4 Å². The molecular weight excluding hydrogens is 515 g/mol. The molecule has 0 aromatic heterocycles. The minimum atomic E-state index is -3.20. The number of amides is 1. The van der Waals surface area contributed by atoms with Gasteiger partial charge in [0.1, 0.15) is 11.5 Å². The molecule has 3 rings (SSSR count). The van der Waals surface area contributed by atoms with Crippen LogP contribution < -0.4 is 20.1 Å². The van der Waals surface area contributed by atoms with Gasteiger partial charge in [-0.25, -0.2) is 0 Å². The molecule has 0 saturated heterocycles. The standard InChI is InChI=1S/C21H19N4O7PS2/c1-14(26)23-17-5-10-20(11-6-17)32-33(34,31-19-8-3-16(22)4-9-19)35-13-15-2-7-18(24(27)28)12-21(15)25(29)30/h2-12H,13,22H2,1H3,(H,23,26). The summed E-state index contributed by atoms with van der Waals surface area (Å²) in [4.78, 5) is 32.4. The van der Waals surface area contributed by atoms with Gasteiger partial charge in [0.2, 0.25) is 5.91 Å². The number of benzene rings is 3. The Hall–Kier alpha value is -3.67. The fourth-order valence-corrected chi connectivity index (χ4v) is 6.93. The van der Waals surface area contributed by atoms with Gasteiger partial charge in [0, 0.05) is 35.7 Å². The van der Waals surface area contributed by atoms with E-state index >= 15 is 0 Å². The molecule has 11 nitrogen and oxygen atoms in total. The van der Waals surface area contributed by atoms with Crippen molar-refractivity contribution in [1.29, 1.82) is 0 Å². The van der Waals surface area contributed by atoms with Crippen molar-refractivity contribution in [3.8, 4) is 11.5 Å². The van der Waals surface area contributed by atoms with Gasteiger partial charge in [0.25, 0.3) is 11.4 Å². The van der Waals surface area contributed by atoms with Crippen molar-refractivity contribution in [3.05, 3.63) is 92.5 Å². The quantitative estimate of drug-likeness (QED) is 0.144. The highest BCUT2D eigenvalue weighted by atomic mass is 32.9. The predicted molar refractivity (Wildman–Crippen MR) is 138 cm³/mol. The van der Waals surface area contributed by atoms with Crippen molar-refractivity contribution in [2.75, 3.05) is 11.1 Å². The van der Waals surface area contributed by atoms with Crippen LogP contribution >= 0.6 is 17.1 Å². The van der Waals surface area contributed by atoms with Gasteiger partial charge in [0.15, 0.2) is 0 Å². The molecule has 1 atom stereocenters. The number of hydrogen-bond donors (Lipinski definition) is 2. The average Bonchev–Trinajstić information content (AvgIpc) is 2.80. The van der Waals surface area contributed by atoms with Crippen LogP contribution in [0.5, 0.6) is 11.5 Å². The highest BCUT2D eigenvalue weighted by Crippen LogP contribution is 2.61. The maximum Gasteiger partial charge on any atom is 0.348 e. The minimum Gasteiger partial charge on any atom is -0.428 e. The number of non-ortho nitro benzene ring substituents is 1. The van der Waals surface area contributed by atoms with Crippen molar-refractivity contribution in [2.45, 2.75) is 12.7 Å². The Labute approximate surface area is 208 Å². The maximum atomic E-state index is 11.5. The number of nitrogens with zero attached hydrogens (tertiary/aromatic N) is 2. The van der Waals surface area contributed by atoms with E-state index < -0.39 is 26.9 Å². The maximum absolute atomic E-state index is 11.5. The monoisotopic (exact) mass is 534 g/mol. The molecule has 0 saturated carbocycles. The van der Waals surface area contributed by atoms with Crippen LogP contribution in [0.4, 0.5) is 22.7 Å². The van der Waals surface area contributed by atoms with Crippen molar-refractivity contribution in [3.63, 3.8) is 0 Å². The van der Waals surface area contributed by atoms with Gasteiger partial charge >= 0.3 is 5.69 Å². The second kappa shape index (κ2) is 11.2. The summed E-state index contributed by atoms with van der Waals surface area (Å²) in [6, 6.07) is 16.4. The molecule has 0 heterocycles. The van der Waals surface area contributed by atoms with Crippen LogP contribution in [0.3, 0.4) is 0 Å². The number of nitrogens with one attached hydrogen (secondary N) is 1. The summed E-state index contributed by atoms with van der Waals surface area (Å²) in [6.07, 6.45) is 0. The zero-order valence-corrected chi connectivity index (χ0v) is 20.7. The van der Waals surface area contributed by atoms with Crippen molar-refractivity contribution < 1.29 is 23.7 Å². The number of anilines is 2. The first-order valence-corrected chi connectivity index (χ1v) is 14.1. The minimum absolute atomic E-state index is 0.00450. The Kier molecular flexibility index (Phi) is 8.28. The van der Waals surface area contributed by atoms with Gasteiger partial charge in [-0.15, -0.1) is 0 Å². The molecule has 35 heavy (non-hydrogen) atoms. The van der Waals surface area contributed by atoms with Gasteiger partial charge < -0.3 is 20.1 Å². The normalized spacial score (nSPS) is 12.3. The van der Waals surface area contributed by atoms with Crippen LogP contribution in [0.15, 0.2) is 66.7 Å². The van der Waals surface area contributed by atoms with Gasteiger partial charge in [0.05, 0.1) is 15.9 Å². The first-order chi connectivity index (χ1) is 16.5. The van der Waals surface area contributed by atoms with E-state index in [9.17, 15) is 25.0 Å². The molecule has 0 radical (unpaired) electrons. The summed E-state index contributed by atoms with van der Waals surface area (Å²) in [5.74, 6) is 0.534. The molecule has 1 amide bonds. The highest BCUT2D eigenvalue weighted by Gasteiger charge is 2.27. The van der Waals surface area contributed by atoms with Crippen LogP contribution in [0.1, 0.15) is 12.5 Å².